The molecule has 0 aliphatic carbocycles. The van der Waals surface area contributed by atoms with Gasteiger partial charge in [0.25, 0.3) is 0 Å². The summed E-state index contributed by atoms with van der Waals surface area (Å²) in [5, 5.41) is 9.14. The summed E-state index contributed by atoms with van der Waals surface area (Å²) in [6.45, 7) is 11.5. The third-order valence-electron chi connectivity index (χ3n) is 2.12. The molecule has 1 N–H and O–H groups in total. The maximum Gasteiger partial charge on any atom is 0.486 e. The molecule has 0 aromatic heterocycles. The summed E-state index contributed by atoms with van der Waals surface area (Å²) in [7, 11) is -0.263. The molecule has 1 saturated heterocycles. The van der Waals surface area contributed by atoms with Crippen LogP contribution in [-0.2, 0) is 9.31 Å². The zero-order valence-electron chi connectivity index (χ0n) is 10.5. The number of aliphatic hydroxyl groups excluding tert-OH is 1. The van der Waals surface area contributed by atoms with E-state index >= 15 is 0 Å². The molecule has 1 aliphatic rings. The molecule has 88 valence electrons. The van der Waals surface area contributed by atoms with Gasteiger partial charge < -0.3 is 14.4 Å². The Balaban J connectivity index is 0.000000921. The van der Waals surface area contributed by atoms with E-state index in [9.17, 15) is 0 Å². The van der Waals surface area contributed by atoms with Gasteiger partial charge in [0.2, 0.25) is 0 Å². The van der Waals surface area contributed by atoms with Gasteiger partial charge in [-0.1, -0.05) is 40.6 Å². The Bertz CT molecular complexity index is 190. The summed E-state index contributed by atoms with van der Waals surface area (Å²) < 4.78 is 10.5. The van der Waals surface area contributed by atoms with Crippen LogP contribution in [0.15, 0.2) is 11.5 Å². The Kier molecular flexibility index (Phi) is 6.89. The molecule has 0 bridgehead atoms. The number of aliphatic hydroxyl groups is 1. The standard InChI is InChI=1S/C9H17BO3.C2H6/c1-9(2,3)8(7-11)6-10-12-4-5-13-10;1-2/h6,11H,4-5,7H2,1-3H3;1-2H3/b8-6+;. The molecule has 15 heavy (non-hydrogen) atoms. The first-order valence-electron chi connectivity index (χ1n) is 5.59. The number of rotatable bonds is 2. The fourth-order valence-electron chi connectivity index (χ4n) is 1.18. The van der Waals surface area contributed by atoms with Crippen molar-refractivity contribution in [3.63, 3.8) is 0 Å². The average molecular weight is 214 g/mol. The van der Waals surface area contributed by atoms with Crippen LogP contribution in [0.2, 0.25) is 0 Å². The van der Waals surface area contributed by atoms with Crippen molar-refractivity contribution in [2.24, 2.45) is 5.41 Å². The lowest BCUT2D eigenvalue weighted by Gasteiger charge is -2.21. The van der Waals surface area contributed by atoms with Crippen molar-refractivity contribution < 1.29 is 14.4 Å². The van der Waals surface area contributed by atoms with Gasteiger partial charge in [-0.15, -0.1) is 0 Å². The van der Waals surface area contributed by atoms with Crippen LogP contribution < -0.4 is 0 Å². The van der Waals surface area contributed by atoms with Gasteiger partial charge in [-0.25, -0.2) is 0 Å². The molecule has 0 radical (unpaired) electrons. The van der Waals surface area contributed by atoms with Gasteiger partial charge in [0.1, 0.15) is 0 Å². The van der Waals surface area contributed by atoms with Crippen LogP contribution in [0.4, 0.5) is 0 Å². The topological polar surface area (TPSA) is 38.7 Å². The lowest BCUT2D eigenvalue weighted by Crippen LogP contribution is -2.19. The van der Waals surface area contributed by atoms with Crippen LogP contribution in [0, 0.1) is 5.41 Å². The lowest BCUT2D eigenvalue weighted by atomic mass is 9.78. The zero-order valence-corrected chi connectivity index (χ0v) is 10.5. The average Bonchev–Trinajstić information content (AvgIpc) is 2.68. The van der Waals surface area contributed by atoms with E-state index in [1.807, 2.05) is 19.8 Å². The van der Waals surface area contributed by atoms with Gasteiger partial charge in [0.05, 0.1) is 19.8 Å². The van der Waals surface area contributed by atoms with Crippen molar-refractivity contribution in [1.82, 2.24) is 0 Å². The van der Waals surface area contributed by atoms with Crippen LogP contribution in [0.1, 0.15) is 34.6 Å². The van der Waals surface area contributed by atoms with E-state index in [0.29, 0.717) is 13.2 Å². The van der Waals surface area contributed by atoms with Gasteiger partial charge in [-0.05, 0) is 11.0 Å². The summed E-state index contributed by atoms with van der Waals surface area (Å²) in [4.78, 5) is 0. The van der Waals surface area contributed by atoms with E-state index in [0.717, 1.165) is 5.57 Å². The fourth-order valence-corrected chi connectivity index (χ4v) is 1.18. The largest absolute Gasteiger partial charge is 0.486 e. The quantitative estimate of drug-likeness (QED) is 0.715. The third kappa shape index (κ3) is 5.35. The molecule has 0 spiro atoms. The van der Waals surface area contributed by atoms with E-state index in [4.69, 9.17) is 14.4 Å². The maximum absolute atomic E-state index is 9.14. The first-order chi connectivity index (χ1) is 7.04. The minimum absolute atomic E-state index is 0.0238. The Morgan fingerprint density at radius 2 is 1.73 bits per heavy atom. The second-order valence-electron chi connectivity index (χ2n) is 4.21. The predicted octanol–water partition coefficient (Wildman–Crippen LogP) is 2.05. The highest BCUT2D eigenvalue weighted by atomic mass is 16.6. The molecule has 3 nitrogen and oxygen atoms in total. The first kappa shape index (κ1) is 14.7. The van der Waals surface area contributed by atoms with Crippen molar-refractivity contribution in [3.8, 4) is 0 Å². The first-order valence-corrected chi connectivity index (χ1v) is 5.59. The van der Waals surface area contributed by atoms with Crippen molar-refractivity contribution in [3.05, 3.63) is 11.5 Å². The highest BCUT2D eigenvalue weighted by Gasteiger charge is 2.25. The summed E-state index contributed by atoms with van der Waals surface area (Å²) in [5.74, 6) is 1.87. The van der Waals surface area contributed by atoms with Crippen molar-refractivity contribution in [1.29, 1.82) is 0 Å². The molecule has 1 heterocycles. The fraction of sp³-hybridized carbons (Fsp3) is 0.818. The Morgan fingerprint density at radius 3 is 2.07 bits per heavy atom. The van der Waals surface area contributed by atoms with Crippen LogP contribution in [0.25, 0.3) is 0 Å². The zero-order chi connectivity index (χ0) is 11.9. The SMILES string of the molecule is CC.CC(C)(C)/C(=C/B1OCCO1)CO. The molecule has 0 saturated carbocycles. The minimum atomic E-state index is -0.263. The van der Waals surface area contributed by atoms with E-state index in [-0.39, 0.29) is 19.1 Å². The lowest BCUT2D eigenvalue weighted by molar-refractivity contribution is 0.294. The van der Waals surface area contributed by atoms with Crippen LogP contribution in [-0.4, -0.2) is 32.0 Å². The van der Waals surface area contributed by atoms with Crippen molar-refractivity contribution in [2.75, 3.05) is 19.8 Å². The van der Waals surface area contributed by atoms with Crippen LogP contribution >= 0.6 is 0 Å². The van der Waals surface area contributed by atoms with E-state index in [1.165, 1.54) is 0 Å². The maximum atomic E-state index is 9.14. The number of hydrogen-bond donors (Lipinski definition) is 1. The van der Waals surface area contributed by atoms with Gasteiger partial charge in [0.15, 0.2) is 0 Å². The Hall–Kier alpha value is -0.315. The smallest absolute Gasteiger partial charge is 0.405 e. The normalized spacial score (nSPS) is 17.5. The third-order valence-corrected chi connectivity index (χ3v) is 2.12. The van der Waals surface area contributed by atoms with Crippen molar-refractivity contribution >= 4 is 7.12 Å². The van der Waals surface area contributed by atoms with Crippen LogP contribution in [0.5, 0.6) is 0 Å². The molecule has 0 unspecified atom stereocenters. The molecule has 1 rings (SSSR count). The summed E-state index contributed by atoms with van der Waals surface area (Å²) in [6, 6.07) is 0. The highest BCUT2D eigenvalue weighted by molar-refractivity contribution is 6.51. The highest BCUT2D eigenvalue weighted by Crippen LogP contribution is 2.25. The molecule has 1 aliphatic heterocycles. The molecular weight excluding hydrogens is 191 g/mol. The van der Waals surface area contributed by atoms with Crippen molar-refractivity contribution in [2.45, 2.75) is 34.6 Å². The summed E-state index contributed by atoms with van der Waals surface area (Å²) in [5.41, 5.74) is 0.934. The molecule has 0 aromatic rings. The van der Waals surface area contributed by atoms with Gasteiger partial charge in [-0.3, -0.25) is 0 Å². The monoisotopic (exact) mass is 214 g/mol. The van der Waals surface area contributed by atoms with E-state index in [2.05, 4.69) is 20.8 Å². The molecule has 0 amide bonds. The number of hydrogen-bond acceptors (Lipinski definition) is 3. The minimum Gasteiger partial charge on any atom is -0.405 e. The Morgan fingerprint density at radius 1 is 1.27 bits per heavy atom. The summed E-state index contributed by atoms with van der Waals surface area (Å²) in [6.07, 6.45) is 0. The van der Waals surface area contributed by atoms with Gasteiger partial charge >= 0.3 is 7.12 Å². The molecular formula is C11H23BO3. The summed E-state index contributed by atoms with van der Waals surface area (Å²) >= 11 is 0. The van der Waals surface area contributed by atoms with Crippen LogP contribution in [0.3, 0.4) is 0 Å². The second-order valence-corrected chi connectivity index (χ2v) is 4.21. The predicted molar refractivity (Wildman–Crippen MR) is 63.6 cm³/mol. The molecule has 0 aromatic carbocycles. The van der Waals surface area contributed by atoms with Gasteiger partial charge in [0, 0.05) is 0 Å². The molecule has 1 fully saturated rings. The van der Waals surface area contributed by atoms with E-state index < -0.39 is 0 Å². The second kappa shape index (κ2) is 7.04. The molecule has 4 heteroatoms. The molecule has 0 atom stereocenters. The Labute approximate surface area is 93.6 Å². The van der Waals surface area contributed by atoms with Gasteiger partial charge in [-0.2, -0.15) is 0 Å². The van der Waals surface area contributed by atoms with E-state index in [1.54, 1.807) is 0 Å².